The molecule has 130 valence electrons. The smallest absolute Gasteiger partial charge is 0.272 e. The zero-order valence-electron chi connectivity index (χ0n) is 14.3. The number of rotatable bonds is 6. The highest BCUT2D eigenvalue weighted by Crippen LogP contribution is 2.27. The Balaban J connectivity index is 1.70. The van der Waals surface area contributed by atoms with Gasteiger partial charge in [-0.05, 0) is 35.2 Å². The van der Waals surface area contributed by atoms with Gasteiger partial charge in [0.1, 0.15) is 0 Å². The zero-order valence-corrected chi connectivity index (χ0v) is 15.1. The molecule has 1 aromatic carbocycles. The van der Waals surface area contributed by atoms with Gasteiger partial charge < -0.3 is 14.8 Å². The monoisotopic (exact) mass is 357 g/mol. The summed E-state index contributed by atoms with van der Waals surface area (Å²) in [5.41, 5.74) is 2.23. The third-order valence-electron chi connectivity index (χ3n) is 3.79. The Morgan fingerprint density at radius 3 is 2.68 bits per heavy atom. The van der Waals surface area contributed by atoms with E-state index in [1.807, 2.05) is 42.8 Å². The molecule has 1 amide bonds. The molecule has 0 saturated heterocycles. The van der Waals surface area contributed by atoms with Crippen LogP contribution in [0.15, 0.2) is 41.8 Å². The van der Waals surface area contributed by atoms with Crippen molar-refractivity contribution >= 4 is 17.2 Å². The van der Waals surface area contributed by atoms with Gasteiger partial charge in [-0.1, -0.05) is 12.1 Å². The van der Waals surface area contributed by atoms with Crippen LogP contribution in [0.4, 0.5) is 0 Å². The van der Waals surface area contributed by atoms with E-state index in [0.717, 1.165) is 16.1 Å². The predicted octanol–water partition coefficient (Wildman–Crippen LogP) is 3.10. The standard InChI is InChI=1S/C18H19N3O3S/c1-21-14(17-5-4-8-25-17)10-13(20-21)18(22)19-11-12-6-7-15(23-2)16(9-12)24-3/h4-10H,11H2,1-3H3,(H,19,22). The van der Waals surface area contributed by atoms with Gasteiger partial charge in [-0.25, -0.2) is 0 Å². The third-order valence-corrected chi connectivity index (χ3v) is 4.68. The molecule has 0 bridgehead atoms. The first-order valence-corrected chi connectivity index (χ1v) is 8.57. The Labute approximate surface area is 150 Å². The lowest BCUT2D eigenvalue weighted by molar-refractivity contribution is 0.0945. The molecule has 0 spiro atoms. The number of aromatic nitrogens is 2. The van der Waals surface area contributed by atoms with Gasteiger partial charge in [0.2, 0.25) is 0 Å². The number of aryl methyl sites for hydroxylation is 1. The predicted molar refractivity (Wildman–Crippen MR) is 97.2 cm³/mol. The number of methoxy groups -OCH3 is 2. The number of ether oxygens (including phenoxy) is 2. The van der Waals surface area contributed by atoms with E-state index in [1.54, 1.807) is 36.3 Å². The second-order valence-electron chi connectivity index (χ2n) is 5.39. The van der Waals surface area contributed by atoms with Crippen LogP contribution >= 0.6 is 11.3 Å². The van der Waals surface area contributed by atoms with Gasteiger partial charge in [0.05, 0.1) is 24.8 Å². The summed E-state index contributed by atoms with van der Waals surface area (Å²) >= 11 is 1.61. The van der Waals surface area contributed by atoms with E-state index < -0.39 is 0 Å². The first-order chi connectivity index (χ1) is 12.1. The summed E-state index contributed by atoms with van der Waals surface area (Å²) < 4.78 is 12.2. The minimum absolute atomic E-state index is 0.215. The number of thiophene rings is 1. The van der Waals surface area contributed by atoms with Gasteiger partial charge in [0.25, 0.3) is 5.91 Å². The summed E-state index contributed by atoms with van der Waals surface area (Å²) in [5, 5.41) is 9.19. The lowest BCUT2D eigenvalue weighted by Crippen LogP contribution is -2.23. The van der Waals surface area contributed by atoms with Gasteiger partial charge in [-0.3, -0.25) is 9.48 Å². The number of benzene rings is 1. The van der Waals surface area contributed by atoms with Crippen molar-refractivity contribution < 1.29 is 14.3 Å². The highest BCUT2D eigenvalue weighted by Gasteiger charge is 2.14. The molecule has 2 heterocycles. The maximum absolute atomic E-state index is 12.4. The fraction of sp³-hybridized carbons (Fsp3) is 0.222. The van der Waals surface area contributed by atoms with Crippen molar-refractivity contribution in [2.45, 2.75) is 6.54 Å². The molecule has 2 aromatic heterocycles. The SMILES string of the molecule is COc1ccc(CNC(=O)c2cc(-c3cccs3)n(C)n2)cc1OC. The van der Waals surface area contributed by atoms with E-state index in [9.17, 15) is 4.79 Å². The van der Waals surface area contributed by atoms with Crippen molar-refractivity contribution in [3.05, 3.63) is 53.0 Å². The highest BCUT2D eigenvalue weighted by molar-refractivity contribution is 7.13. The van der Waals surface area contributed by atoms with Gasteiger partial charge in [0, 0.05) is 13.6 Å². The van der Waals surface area contributed by atoms with Crippen LogP contribution in [0.2, 0.25) is 0 Å². The summed E-state index contributed by atoms with van der Waals surface area (Å²) in [6.07, 6.45) is 0. The second kappa shape index (κ2) is 7.40. The quantitative estimate of drug-likeness (QED) is 0.736. The first-order valence-electron chi connectivity index (χ1n) is 7.69. The number of carbonyl (C=O) groups is 1. The van der Waals surface area contributed by atoms with Gasteiger partial charge >= 0.3 is 0 Å². The van der Waals surface area contributed by atoms with E-state index in [-0.39, 0.29) is 5.91 Å². The maximum atomic E-state index is 12.4. The average Bonchev–Trinajstić information content (AvgIpc) is 3.28. The van der Waals surface area contributed by atoms with Crippen LogP contribution in [0.25, 0.3) is 10.6 Å². The van der Waals surface area contributed by atoms with Crippen LogP contribution in [0, 0.1) is 0 Å². The Morgan fingerprint density at radius 2 is 2.00 bits per heavy atom. The van der Waals surface area contributed by atoms with Crippen molar-refractivity contribution in [2.24, 2.45) is 7.05 Å². The molecular formula is C18H19N3O3S. The summed E-state index contributed by atoms with van der Waals surface area (Å²) in [4.78, 5) is 13.5. The molecule has 0 saturated carbocycles. The summed E-state index contributed by atoms with van der Waals surface area (Å²) in [6.45, 7) is 0.379. The van der Waals surface area contributed by atoms with E-state index in [1.165, 1.54) is 0 Å². The number of carbonyl (C=O) groups excluding carboxylic acids is 1. The molecule has 3 rings (SSSR count). The van der Waals surface area contributed by atoms with Crippen molar-refractivity contribution in [3.63, 3.8) is 0 Å². The minimum Gasteiger partial charge on any atom is -0.493 e. The molecule has 6 nitrogen and oxygen atoms in total. The number of nitrogens with one attached hydrogen (secondary N) is 1. The highest BCUT2D eigenvalue weighted by atomic mass is 32.1. The Morgan fingerprint density at radius 1 is 1.20 bits per heavy atom. The molecule has 3 aromatic rings. The van der Waals surface area contributed by atoms with E-state index >= 15 is 0 Å². The molecule has 7 heteroatoms. The molecule has 25 heavy (non-hydrogen) atoms. The molecule has 0 aliphatic heterocycles. The zero-order chi connectivity index (χ0) is 17.8. The fourth-order valence-corrected chi connectivity index (χ4v) is 3.27. The molecule has 0 unspecified atom stereocenters. The van der Waals surface area contributed by atoms with Gasteiger partial charge in [-0.2, -0.15) is 5.10 Å². The number of nitrogens with zero attached hydrogens (tertiary/aromatic N) is 2. The molecule has 0 radical (unpaired) electrons. The van der Waals surface area contributed by atoms with Gasteiger partial charge in [0.15, 0.2) is 17.2 Å². The number of hydrogen-bond acceptors (Lipinski definition) is 5. The lowest BCUT2D eigenvalue weighted by Gasteiger charge is -2.10. The summed E-state index contributed by atoms with van der Waals surface area (Å²) in [5.74, 6) is 1.07. The number of amides is 1. The van der Waals surface area contributed by atoms with Crippen LogP contribution in [0.1, 0.15) is 16.1 Å². The van der Waals surface area contributed by atoms with Crippen LogP contribution in [-0.2, 0) is 13.6 Å². The molecule has 0 atom stereocenters. The first kappa shape index (κ1) is 17.0. The van der Waals surface area contributed by atoms with Crippen LogP contribution in [0.3, 0.4) is 0 Å². The third kappa shape index (κ3) is 3.66. The average molecular weight is 357 g/mol. The molecule has 1 N–H and O–H groups in total. The normalized spacial score (nSPS) is 10.5. The lowest BCUT2D eigenvalue weighted by atomic mass is 10.2. The molecule has 0 fully saturated rings. The Kier molecular flexibility index (Phi) is 5.04. The second-order valence-corrected chi connectivity index (χ2v) is 6.34. The topological polar surface area (TPSA) is 65.4 Å². The van der Waals surface area contributed by atoms with Crippen LogP contribution in [-0.4, -0.2) is 29.9 Å². The summed E-state index contributed by atoms with van der Waals surface area (Å²) in [7, 11) is 5.01. The number of hydrogen-bond donors (Lipinski definition) is 1. The van der Waals surface area contributed by atoms with Crippen molar-refractivity contribution in [1.29, 1.82) is 0 Å². The van der Waals surface area contributed by atoms with E-state index in [2.05, 4.69) is 10.4 Å². The van der Waals surface area contributed by atoms with Crippen molar-refractivity contribution in [3.8, 4) is 22.1 Å². The van der Waals surface area contributed by atoms with Crippen molar-refractivity contribution in [1.82, 2.24) is 15.1 Å². The maximum Gasteiger partial charge on any atom is 0.272 e. The Bertz CT molecular complexity index is 872. The van der Waals surface area contributed by atoms with Crippen LogP contribution < -0.4 is 14.8 Å². The van der Waals surface area contributed by atoms with Gasteiger partial charge in [-0.15, -0.1) is 11.3 Å². The minimum atomic E-state index is -0.215. The molecule has 0 aliphatic carbocycles. The molecule has 0 aliphatic rings. The van der Waals surface area contributed by atoms with Crippen molar-refractivity contribution in [2.75, 3.05) is 14.2 Å². The van der Waals surface area contributed by atoms with E-state index in [0.29, 0.717) is 23.7 Å². The van der Waals surface area contributed by atoms with Crippen LogP contribution in [0.5, 0.6) is 11.5 Å². The fourth-order valence-electron chi connectivity index (χ4n) is 2.50. The van der Waals surface area contributed by atoms with E-state index in [4.69, 9.17) is 9.47 Å². The summed E-state index contributed by atoms with van der Waals surface area (Å²) in [6, 6.07) is 11.3. The molecular weight excluding hydrogens is 338 g/mol. The Hall–Kier alpha value is -2.80. The largest absolute Gasteiger partial charge is 0.493 e.